The molecule has 0 aliphatic heterocycles. The number of carbonyl (C=O) groups excluding carboxylic acids is 2. The molecule has 0 aromatic heterocycles. The van der Waals surface area contributed by atoms with E-state index in [0.29, 0.717) is 25.0 Å². The summed E-state index contributed by atoms with van der Waals surface area (Å²) in [7, 11) is 1.38. The van der Waals surface area contributed by atoms with E-state index >= 15 is 0 Å². The van der Waals surface area contributed by atoms with E-state index in [0.717, 1.165) is 19.3 Å². The number of ketones is 1. The van der Waals surface area contributed by atoms with Gasteiger partial charge >= 0.3 is 5.97 Å². The first kappa shape index (κ1) is 10.2. The maximum atomic E-state index is 11.3. The molecule has 0 heterocycles. The third-order valence-electron chi connectivity index (χ3n) is 2.61. The summed E-state index contributed by atoms with van der Waals surface area (Å²) in [6.07, 6.45) is 4.85. The van der Waals surface area contributed by atoms with Gasteiger partial charge in [0.2, 0.25) is 0 Å². The topological polar surface area (TPSA) is 43.4 Å². The lowest BCUT2D eigenvalue weighted by molar-refractivity contribution is -0.141. The molecule has 3 nitrogen and oxygen atoms in total. The summed E-state index contributed by atoms with van der Waals surface area (Å²) in [6, 6.07) is 0. The molecule has 0 amide bonds. The molecule has 0 bridgehead atoms. The number of hydrogen-bond acceptors (Lipinski definition) is 3. The van der Waals surface area contributed by atoms with Gasteiger partial charge in [-0.15, -0.1) is 0 Å². The lowest BCUT2D eigenvalue weighted by Crippen LogP contribution is -2.20. The number of rotatable bonds is 3. The smallest absolute Gasteiger partial charge is 0.305 e. The predicted molar refractivity (Wildman–Crippen MR) is 48.2 cm³/mol. The fourth-order valence-electron chi connectivity index (χ4n) is 1.75. The second-order valence-electron chi connectivity index (χ2n) is 3.52. The molecule has 0 N–H and O–H groups in total. The third kappa shape index (κ3) is 3.17. The van der Waals surface area contributed by atoms with Crippen LogP contribution in [-0.2, 0) is 14.3 Å². The van der Waals surface area contributed by atoms with Crippen LogP contribution in [-0.4, -0.2) is 18.9 Å². The van der Waals surface area contributed by atoms with Crippen molar-refractivity contribution in [1.29, 1.82) is 0 Å². The normalized spacial score (nSPS) is 22.8. The van der Waals surface area contributed by atoms with Crippen molar-refractivity contribution < 1.29 is 14.3 Å². The van der Waals surface area contributed by atoms with Crippen LogP contribution in [0.5, 0.6) is 0 Å². The number of ether oxygens (including phenoxy) is 1. The molecule has 0 aromatic rings. The van der Waals surface area contributed by atoms with Gasteiger partial charge in [-0.05, 0) is 19.3 Å². The fraction of sp³-hybridized carbons (Fsp3) is 0.800. The zero-order chi connectivity index (χ0) is 9.68. The number of hydrogen-bond donors (Lipinski definition) is 0. The molecule has 1 aliphatic carbocycles. The van der Waals surface area contributed by atoms with Crippen LogP contribution in [0.2, 0.25) is 0 Å². The van der Waals surface area contributed by atoms with Crippen LogP contribution >= 0.6 is 0 Å². The van der Waals surface area contributed by atoms with E-state index < -0.39 is 0 Å². The minimum atomic E-state index is -0.210. The first-order chi connectivity index (χ1) is 6.24. The van der Waals surface area contributed by atoms with E-state index in [1.54, 1.807) is 0 Å². The van der Waals surface area contributed by atoms with E-state index in [-0.39, 0.29) is 11.9 Å². The van der Waals surface area contributed by atoms with Gasteiger partial charge in [-0.25, -0.2) is 0 Å². The van der Waals surface area contributed by atoms with Gasteiger partial charge in [-0.1, -0.05) is 6.42 Å². The maximum absolute atomic E-state index is 11.3. The SMILES string of the molecule is COC(=O)CC[C@H]1CCCCC1=O. The van der Waals surface area contributed by atoms with Crippen molar-refractivity contribution in [3.8, 4) is 0 Å². The minimum Gasteiger partial charge on any atom is -0.469 e. The van der Waals surface area contributed by atoms with Crippen molar-refractivity contribution in [3.05, 3.63) is 0 Å². The molecule has 0 spiro atoms. The Morgan fingerprint density at radius 3 is 2.92 bits per heavy atom. The highest BCUT2D eigenvalue weighted by Gasteiger charge is 2.22. The molecular formula is C10H16O3. The van der Waals surface area contributed by atoms with Crippen molar-refractivity contribution in [2.75, 3.05) is 7.11 Å². The van der Waals surface area contributed by atoms with Gasteiger partial charge in [0.15, 0.2) is 0 Å². The Balaban J connectivity index is 2.26. The van der Waals surface area contributed by atoms with Crippen molar-refractivity contribution in [2.45, 2.75) is 38.5 Å². The van der Waals surface area contributed by atoms with Crippen molar-refractivity contribution >= 4 is 11.8 Å². The van der Waals surface area contributed by atoms with Crippen LogP contribution in [0.4, 0.5) is 0 Å². The third-order valence-corrected chi connectivity index (χ3v) is 2.61. The van der Waals surface area contributed by atoms with Crippen LogP contribution in [0.3, 0.4) is 0 Å². The molecule has 1 atom stereocenters. The summed E-state index contributed by atoms with van der Waals surface area (Å²) in [5.74, 6) is 0.237. The highest BCUT2D eigenvalue weighted by Crippen LogP contribution is 2.24. The maximum Gasteiger partial charge on any atom is 0.305 e. The number of esters is 1. The van der Waals surface area contributed by atoms with Crippen LogP contribution in [0, 0.1) is 5.92 Å². The molecule has 0 saturated heterocycles. The fourth-order valence-corrected chi connectivity index (χ4v) is 1.75. The van der Waals surface area contributed by atoms with Crippen molar-refractivity contribution in [1.82, 2.24) is 0 Å². The molecule has 1 saturated carbocycles. The van der Waals surface area contributed by atoms with Crippen molar-refractivity contribution in [2.24, 2.45) is 5.92 Å². The van der Waals surface area contributed by atoms with E-state index in [4.69, 9.17) is 0 Å². The highest BCUT2D eigenvalue weighted by atomic mass is 16.5. The molecule has 0 aromatic carbocycles. The number of carbonyl (C=O) groups is 2. The molecule has 3 heteroatoms. The summed E-state index contributed by atoms with van der Waals surface area (Å²) in [6.45, 7) is 0. The van der Waals surface area contributed by atoms with Crippen LogP contribution in [0.25, 0.3) is 0 Å². The Hall–Kier alpha value is -0.860. The second kappa shape index (κ2) is 5.00. The van der Waals surface area contributed by atoms with E-state index in [9.17, 15) is 9.59 Å². The predicted octanol–water partition coefficient (Wildman–Crippen LogP) is 1.70. The largest absolute Gasteiger partial charge is 0.469 e. The van der Waals surface area contributed by atoms with Gasteiger partial charge in [0.05, 0.1) is 7.11 Å². The molecule has 1 fully saturated rings. The Morgan fingerprint density at radius 2 is 2.31 bits per heavy atom. The lowest BCUT2D eigenvalue weighted by Gasteiger charge is -2.19. The number of Topliss-reactive ketones (excluding diaryl/α,β-unsaturated/α-hetero) is 1. The van der Waals surface area contributed by atoms with E-state index in [2.05, 4.69) is 4.74 Å². The number of methoxy groups -OCH3 is 1. The standard InChI is InChI=1S/C10H16O3/c1-13-10(12)7-6-8-4-2-3-5-9(8)11/h8H,2-7H2,1H3/t8-/m1/s1. The van der Waals surface area contributed by atoms with Crippen LogP contribution in [0.15, 0.2) is 0 Å². The monoisotopic (exact) mass is 184 g/mol. The van der Waals surface area contributed by atoms with Gasteiger partial charge in [0.25, 0.3) is 0 Å². The van der Waals surface area contributed by atoms with Crippen LogP contribution < -0.4 is 0 Å². The first-order valence-corrected chi connectivity index (χ1v) is 4.83. The van der Waals surface area contributed by atoms with Gasteiger partial charge in [-0.3, -0.25) is 9.59 Å². The Kier molecular flexibility index (Phi) is 3.93. The summed E-state index contributed by atoms with van der Waals surface area (Å²) >= 11 is 0. The van der Waals surface area contributed by atoms with Crippen LogP contribution in [0.1, 0.15) is 38.5 Å². The van der Waals surface area contributed by atoms with Gasteiger partial charge in [-0.2, -0.15) is 0 Å². The zero-order valence-corrected chi connectivity index (χ0v) is 8.04. The first-order valence-electron chi connectivity index (χ1n) is 4.83. The lowest BCUT2D eigenvalue weighted by atomic mass is 9.85. The Bertz CT molecular complexity index is 198. The minimum absolute atomic E-state index is 0.118. The van der Waals surface area contributed by atoms with Crippen molar-refractivity contribution in [3.63, 3.8) is 0 Å². The molecule has 1 rings (SSSR count). The summed E-state index contributed by atoms with van der Waals surface area (Å²) in [5.41, 5.74) is 0. The molecule has 0 radical (unpaired) electrons. The second-order valence-corrected chi connectivity index (χ2v) is 3.52. The van der Waals surface area contributed by atoms with Gasteiger partial charge < -0.3 is 4.74 Å². The summed E-state index contributed by atoms with van der Waals surface area (Å²) in [5, 5.41) is 0. The van der Waals surface area contributed by atoms with Gasteiger partial charge in [0.1, 0.15) is 5.78 Å². The van der Waals surface area contributed by atoms with Gasteiger partial charge in [0, 0.05) is 18.8 Å². The quantitative estimate of drug-likeness (QED) is 0.627. The van der Waals surface area contributed by atoms with E-state index in [1.165, 1.54) is 7.11 Å². The Morgan fingerprint density at radius 1 is 1.54 bits per heavy atom. The highest BCUT2D eigenvalue weighted by molar-refractivity contribution is 5.82. The summed E-state index contributed by atoms with van der Waals surface area (Å²) in [4.78, 5) is 22.2. The molecular weight excluding hydrogens is 168 g/mol. The molecule has 74 valence electrons. The van der Waals surface area contributed by atoms with E-state index in [1.807, 2.05) is 0 Å². The average molecular weight is 184 g/mol. The summed E-state index contributed by atoms with van der Waals surface area (Å²) < 4.78 is 4.53. The zero-order valence-electron chi connectivity index (χ0n) is 8.04. The average Bonchev–Trinajstić information content (AvgIpc) is 2.16. The molecule has 13 heavy (non-hydrogen) atoms. The Labute approximate surface area is 78.5 Å². The molecule has 0 unspecified atom stereocenters. The molecule has 1 aliphatic rings.